The third-order valence-corrected chi connectivity index (χ3v) is 3.76. The standard InChI is InChI=1S/C17H22ClN5.CH2O/c1-19-17-10-13(11-18)4-7-16(17)14(12-21-20-2)5-6-15-8-9-23(3)22-15;1-2/h4-5,7-10,12,19-20H,6,11H2,1-3H3;1H2/b14-5+,21-12-;. The maximum Gasteiger partial charge on any atom is 0.106 e. The van der Waals surface area contributed by atoms with Crippen LogP contribution in [0.5, 0.6) is 0 Å². The fraction of sp³-hybridized carbons (Fsp3) is 0.278. The zero-order chi connectivity index (χ0) is 18.7. The molecule has 0 bridgehead atoms. The molecule has 0 aliphatic carbocycles. The van der Waals surface area contributed by atoms with E-state index in [-0.39, 0.29) is 0 Å². The van der Waals surface area contributed by atoms with Gasteiger partial charge in [-0.25, -0.2) is 0 Å². The molecule has 0 radical (unpaired) electrons. The zero-order valence-corrected chi connectivity index (χ0v) is 15.5. The van der Waals surface area contributed by atoms with Crippen LogP contribution in [0.2, 0.25) is 0 Å². The molecular weight excluding hydrogens is 338 g/mol. The molecule has 0 amide bonds. The molecule has 2 N–H and O–H groups in total. The van der Waals surface area contributed by atoms with Crippen LogP contribution < -0.4 is 10.7 Å². The lowest BCUT2D eigenvalue weighted by Crippen LogP contribution is -2.01. The normalized spacial score (nSPS) is 11.1. The highest BCUT2D eigenvalue weighted by Crippen LogP contribution is 2.25. The van der Waals surface area contributed by atoms with E-state index in [4.69, 9.17) is 16.4 Å². The van der Waals surface area contributed by atoms with E-state index in [2.05, 4.69) is 39.2 Å². The average molecular weight is 362 g/mol. The van der Waals surface area contributed by atoms with Gasteiger partial charge in [0.05, 0.1) is 11.9 Å². The van der Waals surface area contributed by atoms with Crippen LogP contribution in [0.15, 0.2) is 41.6 Å². The van der Waals surface area contributed by atoms with E-state index in [1.54, 1.807) is 11.7 Å². The Kier molecular flexibility index (Phi) is 9.03. The number of carbonyl (C=O) groups is 1. The van der Waals surface area contributed by atoms with Gasteiger partial charge in [-0.05, 0) is 17.7 Å². The molecule has 0 saturated carbocycles. The van der Waals surface area contributed by atoms with E-state index in [0.717, 1.165) is 34.5 Å². The van der Waals surface area contributed by atoms with E-state index in [9.17, 15) is 0 Å². The number of halogens is 1. The second-order valence-electron chi connectivity index (χ2n) is 5.09. The molecule has 0 aliphatic rings. The predicted octanol–water partition coefficient (Wildman–Crippen LogP) is 2.85. The van der Waals surface area contributed by atoms with Gasteiger partial charge in [-0.1, -0.05) is 18.2 Å². The van der Waals surface area contributed by atoms with Crippen LogP contribution in [0.4, 0.5) is 5.69 Å². The summed E-state index contributed by atoms with van der Waals surface area (Å²) in [6.45, 7) is 2.00. The van der Waals surface area contributed by atoms with Gasteiger partial charge < -0.3 is 15.5 Å². The molecular formula is C18H24ClN5O. The highest BCUT2D eigenvalue weighted by molar-refractivity contribution is 6.17. The van der Waals surface area contributed by atoms with Crippen LogP contribution >= 0.6 is 11.6 Å². The number of allylic oxidation sites excluding steroid dienone is 2. The lowest BCUT2D eigenvalue weighted by Gasteiger charge is -2.11. The number of carbonyl (C=O) groups excluding carboxylic acids is 1. The number of alkyl halides is 1. The summed E-state index contributed by atoms with van der Waals surface area (Å²) in [6.07, 6.45) is 6.63. The van der Waals surface area contributed by atoms with E-state index in [0.29, 0.717) is 5.88 Å². The zero-order valence-electron chi connectivity index (χ0n) is 14.8. The minimum absolute atomic E-state index is 0.493. The largest absolute Gasteiger partial charge is 0.388 e. The first-order chi connectivity index (χ1) is 12.2. The van der Waals surface area contributed by atoms with Crippen molar-refractivity contribution in [2.24, 2.45) is 12.1 Å². The number of nitrogens with one attached hydrogen (secondary N) is 2. The third-order valence-electron chi connectivity index (χ3n) is 3.45. The lowest BCUT2D eigenvalue weighted by molar-refractivity contribution is -0.0979. The number of aryl methyl sites for hydroxylation is 1. The number of hydrogen-bond donors (Lipinski definition) is 2. The molecule has 1 heterocycles. The van der Waals surface area contributed by atoms with Crippen molar-refractivity contribution < 1.29 is 4.79 Å². The average Bonchev–Trinajstić information content (AvgIpc) is 3.08. The molecule has 2 rings (SSSR count). The summed E-state index contributed by atoms with van der Waals surface area (Å²) < 4.78 is 1.80. The van der Waals surface area contributed by atoms with Crippen LogP contribution in [0.25, 0.3) is 5.57 Å². The summed E-state index contributed by atoms with van der Waals surface area (Å²) in [6, 6.07) is 8.17. The molecule has 0 unspecified atom stereocenters. The first-order valence-electron chi connectivity index (χ1n) is 7.72. The molecule has 6 nitrogen and oxygen atoms in total. The van der Waals surface area contributed by atoms with Crippen molar-refractivity contribution in [3.8, 4) is 0 Å². The van der Waals surface area contributed by atoms with E-state index >= 15 is 0 Å². The first kappa shape index (κ1) is 20.4. The Bertz CT molecular complexity index is 724. The van der Waals surface area contributed by atoms with Crippen molar-refractivity contribution in [2.75, 3.05) is 19.4 Å². The first-order valence-corrected chi connectivity index (χ1v) is 8.25. The Morgan fingerprint density at radius 2 is 2.12 bits per heavy atom. The summed E-state index contributed by atoms with van der Waals surface area (Å²) in [5.41, 5.74) is 8.02. The number of aromatic nitrogens is 2. The van der Waals surface area contributed by atoms with Crippen molar-refractivity contribution in [1.82, 2.24) is 15.2 Å². The maximum absolute atomic E-state index is 8.00. The number of anilines is 1. The molecule has 1 aromatic heterocycles. The summed E-state index contributed by atoms with van der Waals surface area (Å²) >= 11 is 5.93. The van der Waals surface area contributed by atoms with Crippen molar-refractivity contribution in [2.45, 2.75) is 12.3 Å². The van der Waals surface area contributed by atoms with Crippen LogP contribution in [-0.2, 0) is 24.1 Å². The monoisotopic (exact) mass is 361 g/mol. The Morgan fingerprint density at radius 3 is 2.68 bits per heavy atom. The molecule has 1 aromatic carbocycles. The predicted molar refractivity (Wildman–Crippen MR) is 105 cm³/mol. The fourth-order valence-corrected chi connectivity index (χ4v) is 2.45. The molecule has 7 heteroatoms. The maximum atomic E-state index is 8.00. The van der Waals surface area contributed by atoms with E-state index in [1.165, 1.54) is 0 Å². The summed E-state index contributed by atoms with van der Waals surface area (Å²) in [5, 5.41) is 11.8. The number of benzene rings is 1. The van der Waals surface area contributed by atoms with Gasteiger partial charge in [0.25, 0.3) is 0 Å². The molecule has 25 heavy (non-hydrogen) atoms. The SMILES string of the molecule is C=O.CN/N=C\C(=C/Cc1ccn(C)n1)c1ccc(CCl)cc1NC. The third kappa shape index (κ3) is 6.08. The van der Waals surface area contributed by atoms with Crippen molar-refractivity contribution in [1.29, 1.82) is 0 Å². The molecule has 134 valence electrons. The molecule has 0 saturated heterocycles. The van der Waals surface area contributed by atoms with Crippen molar-refractivity contribution >= 4 is 35.9 Å². The van der Waals surface area contributed by atoms with Gasteiger partial charge >= 0.3 is 0 Å². The molecule has 0 atom stereocenters. The highest BCUT2D eigenvalue weighted by Gasteiger charge is 2.07. The summed E-state index contributed by atoms with van der Waals surface area (Å²) in [4.78, 5) is 8.00. The van der Waals surface area contributed by atoms with Crippen molar-refractivity contribution in [3.63, 3.8) is 0 Å². The lowest BCUT2D eigenvalue weighted by atomic mass is 10.0. The van der Waals surface area contributed by atoms with E-state index in [1.807, 2.05) is 45.4 Å². The summed E-state index contributed by atoms with van der Waals surface area (Å²) in [5.74, 6) is 0.493. The second kappa shape index (κ2) is 11.0. The van der Waals surface area contributed by atoms with Crippen LogP contribution in [-0.4, -0.2) is 36.9 Å². The number of nitrogens with zero attached hydrogens (tertiary/aromatic N) is 3. The van der Waals surface area contributed by atoms with E-state index < -0.39 is 0 Å². The number of hydrazone groups is 1. The van der Waals surface area contributed by atoms with Gasteiger partial charge in [0, 0.05) is 56.5 Å². The Labute approximate surface area is 153 Å². The molecule has 0 spiro atoms. The van der Waals surface area contributed by atoms with Gasteiger partial charge in [-0.3, -0.25) is 4.68 Å². The Balaban J connectivity index is 0.00000151. The number of rotatable bonds is 7. The van der Waals surface area contributed by atoms with Gasteiger partial charge in [-0.15, -0.1) is 11.6 Å². The number of hydrogen-bond acceptors (Lipinski definition) is 5. The Morgan fingerprint density at radius 1 is 1.36 bits per heavy atom. The fourth-order valence-electron chi connectivity index (χ4n) is 2.29. The van der Waals surface area contributed by atoms with Gasteiger partial charge in [0.2, 0.25) is 0 Å². The quantitative estimate of drug-likeness (QED) is 0.452. The topological polar surface area (TPSA) is 71.3 Å². The van der Waals surface area contributed by atoms with Gasteiger partial charge in [0.15, 0.2) is 0 Å². The summed E-state index contributed by atoms with van der Waals surface area (Å²) in [7, 11) is 5.60. The highest BCUT2D eigenvalue weighted by atomic mass is 35.5. The minimum atomic E-state index is 0.493. The van der Waals surface area contributed by atoms with Crippen LogP contribution in [0.1, 0.15) is 16.8 Å². The van der Waals surface area contributed by atoms with Crippen LogP contribution in [0, 0.1) is 0 Å². The van der Waals surface area contributed by atoms with Crippen molar-refractivity contribution in [3.05, 3.63) is 53.4 Å². The van der Waals surface area contributed by atoms with Gasteiger partial charge in [-0.2, -0.15) is 10.2 Å². The second-order valence-corrected chi connectivity index (χ2v) is 5.36. The smallest absolute Gasteiger partial charge is 0.106 e. The minimum Gasteiger partial charge on any atom is -0.388 e. The molecule has 2 aromatic rings. The Hall–Kier alpha value is -2.60. The van der Waals surface area contributed by atoms with Crippen LogP contribution in [0.3, 0.4) is 0 Å². The molecule has 0 fully saturated rings. The molecule has 0 aliphatic heterocycles. The van der Waals surface area contributed by atoms with Gasteiger partial charge in [0.1, 0.15) is 6.79 Å².